The number of carbonyl (C=O) groups excluding carboxylic acids is 3. The minimum Gasteiger partial charge on any atom is -0.354 e. The van der Waals surface area contributed by atoms with Crippen molar-refractivity contribution in [3.63, 3.8) is 0 Å². The van der Waals surface area contributed by atoms with E-state index < -0.39 is 0 Å². The van der Waals surface area contributed by atoms with Crippen LogP contribution in [0.15, 0.2) is 0 Å². The summed E-state index contributed by atoms with van der Waals surface area (Å²) in [5.41, 5.74) is 0. The first-order valence-corrected chi connectivity index (χ1v) is 11.1. The Morgan fingerprint density at radius 2 is 1.64 bits per heavy atom. The van der Waals surface area contributed by atoms with Gasteiger partial charge >= 0.3 is 0 Å². The Labute approximate surface area is 169 Å². The number of hydrogen-bond donors (Lipinski definition) is 1. The molecule has 3 fully saturated rings. The lowest BCUT2D eigenvalue weighted by atomic mass is 9.88. The molecule has 5 atom stereocenters. The van der Waals surface area contributed by atoms with Gasteiger partial charge in [-0.2, -0.15) is 0 Å². The van der Waals surface area contributed by atoms with Gasteiger partial charge in [-0.05, 0) is 57.8 Å². The highest BCUT2D eigenvalue weighted by Crippen LogP contribution is 2.40. The summed E-state index contributed by atoms with van der Waals surface area (Å²) in [6.45, 7) is 10.9. The van der Waals surface area contributed by atoms with Crippen LogP contribution in [0.1, 0.15) is 73.1 Å². The van der Waals surface area contributed by atoms with Gasteiger partial charge < -0.3 is 15.1 Å². The summed E-state index contributed by atoms with van der Waals surface area (Å²) in [5.74, 6) is 1.23. The van der Waals surface area contributed by atoms with Crippen molar-refractivity contribution in [2.24, 2.45) is 17.8 Å². The van der Waals surface area contributed by atoms with Crippen molar-refractivity contribution in [2.75, 3.05) is 6.54 Å². The van der Waals surface area contributed by atoms with E-state index in [0.717, 1.165) is 25.7 Å². The zero-order valence-corrected chi connectivity index (χ0v) is 18.1. The fourth-order valence-corrected chi connectivity index (χ4v) is 5.31. The molecule has 2 bridgehead atoms. The summed E-state index contributed by atoms with van der Waals surface area (Å²) < 4.78 is 0. The summed E-state index contributed by atoms with van der Waals surface area (Å²) in [5, 5.41) is 3.12. The van der Waals surface area contributed by atoms with Crippen LogP contribution in [0.4, 0.5) is 0 Å². The fraction of sp³-hybridized carbons (Fsp3) is 0.864. The molecule has 6 nitrogen and oxygen atoms in total. The Balaban J connectivity index is 1.54. The lowest BCUT2D eigenvalue weighted by Gasteiger charge is -2.41. The van der Waals surface area contributed by atoms with Crippen molar-refractivity contribution in [3.8, 4) is 0 Å². The predicted molar refractivity (Wildman–Crippen MR) is 108 cm³/mol. The van der Waals surface area contributed by atoms with Gasteiger partial charge in [-0.15, -0.1) is 0 Å². The average molecular weight is 392 g/mol. The topological polar surface area (TPSA) is 69.7 Å². The number of likely N-dealkylation sites (tertiary alicyclic amines) is 1. The molecule has 3 aliphatic heterocycles. The zero-order valence-electron chi connectivity index (χ0n) is 18.1. The van der Waals surface area contributed by atoms with Crippen molar-refractivity contribution in [3.05, 3.63) is 0 Å². The molecule has 0 spiro atoms. The smallest absolute Gasteiger partial charge is 0.242 e. The van der Waals surface area contributed by atoms with Crippen molar-refractivity contribution < 1.29 is 14.4 Å². The first-order valence-electron chi connectivity index (χ1n) is 11.1. The third-order valence-electron chi connectivity index (χ3n) is 7.15. The molecule has 0 aromatic carbocycles. The van der Waals surface area contributed by atoms with Crippen LogP contribution in [0.2, 0.25) is 0 Å². The normalized spacial score (nSPS) is 31.0. The van der Waals surface area contributed by atoms with Gasteiger partial charge in [-0.25, -0.2) is 0 Å². The van der Waals surface area contributed by atoms with Crippen LogP contribution in [0.25, 0.3) is 0 Å². The third kappa shape index (κ3) is 4.06. The molecule has 0 saturated carbocycles. The molecule has 3 saturated heterocycles. The first kappa shape index (κ1) is 21.1. The largest absolute Gasteiger partial charge is 0.354 e. The maximum Gasteiger partial charge on any atom is 0.242 e. The van der Waals surface area contributed by atoms with Gasteiger partial charge in [0.05, 0.1) is 0 Å². The Morgan fingerprint density at radius 1 is 1.04 bits per heavy atom. The van der Waals surface area contributed by atoms with Crippen molar-refractivity contribution in [1.82, 2.24) is 15.1 Å². The molecule has 0 aromatic heterocycles. The number of nitrogens with one attached hydrogen (secondary N) is 1. The maximum absolute atomic E-state index is 12.9. The molecule has 3 amide bonds. The van der Waals surface area contributed by atoms with Crippen LogP contribution >= 0.6 is 0 Å². The minimum absolute atomic E-state index is 0.0150. The van der Waals surface area contributed by atoms with Crippen LogP contribution in [0.5, 0.6) is 0 Å². The van der Waals surface area contributed by atoms with E-state index in [-0.39, 0.29) is 29.8 Å². The van der Waals surface area contributed by atoms with E-state index in [2.05, 4.69) is 24.1 Å². The number of hydrogen-bond acceptors (Lipinski definition) is 3. The molecule has 1 N–H and O–H groups in total. The molecule has 0 aromatic rings. The molecule has 0 aliphatic carbocycles. The highest BCUT2D eigenvalue weighted by atomic mass is 16.2. The average Bonchev–Trinajstić information content (AvgIpc) is 3.15. The first-order chi connectivity index (χ1) is 13.2. The standard InChI is InChI=1S/C22H37N3O3/c1-13(2)15(5)22(28)25-17-6-7-18(25)11-16(10-17)12-23-21(27)19-8-9-20(26)24(19)14(3)4/h13-19H,6-12H2,1-5H3,(H,23,27)/t15?,16?,17-,18+,19-/m0/s1. The van der Waals surface area contributed by atoms with Crippen molar-refractivity contribution in [2.45, 2.75) is 97.3 Å². The number of carbonyl (C=O) groups is 3. The SMILES string of the molecule is CC(C)C(C)C(=O)N1[C@@H]2CC[C@H]1CC(CNC(=O)[C@@H]1CCC(=O)N1C(C)C)C2. The monoisotopic (exact) mass is 391 g/mol. The zero-order chi connectivity index (χ0) is 20.6. The second-order valence-electron chi connectivity index (χ2n) is 9.70. The maximum atomic E-state index is 12.9. The quantitative estimate of drug-likeness (QED) is 0.756. The fourth-order valence-electron chi connectivity index (χ4n) is 5.31. The van der Waals surface area contributed by atoms with E-state index in [0.29, 0.717) is 49.2 Å². The van der Waals surface area contributed by atoms with Crippen LogP contribution in [-0.2, 0) is 14.4 Å². The molecule has 3 aliphatic rings. The Bertz CT molecular complexity index is 604. The number of nitrogens with zero attached hydrogens (tertiary/aromatic N) is 2. The summed E-state index contributed by atoms with van der Waals surface area (Å²) >= 11 is 0. The van der Waals surface area contributed by atoms with Crippen LogP contribution in [-0.4, -0.2) is 58.2 Å². The van der Waals surface area contributed by atoms with Gasteiger partial charge in [0.15, 0.2) is 0 Å². The van der Waals surface area contributed by atoms with E-state index in [1.807, 2.05) is 20.8 Å². The molecule has 28 heavy (non-hydrogen) atoms. The van der Waals surface area contributed by atoms with E-state index in [1.165, 1.54) is 0 Å². The van der Waals surface area contributed by atoms with Gasteiger partial charge in [-0.1, -0.05) is 20.8 Å². The summed E-state index contributed by atoms with van der Waals surface area (Å²) in [6.07, 6.45) is 5.21. The van der Waals surface area contributed by atoms with Gasteiger partial charge in [-0.3, -0.25) is 14.4 Å². The summed E-state index contributed by atoms with van der Waals surface area (Å²) in [7, 11) is 0. The number of piperidine rings is 1. The summed E-state index contributed by atoms with van der Waals surface area (Å²) in [4.78, 5) is 41.5. The molecule has 0 radical (unpaired) electrons. The second-order valence-corrected chi connectivity index (χ2v) is 9.70. The molecule has 158 valence electrons. The Hall–Kier alpha value is -1.59. The third-order valence-corrected chi connectivity index (χ3v) is 7.15. The van der Waals surface area contributed by atoms with E-state index in [4.69, 9.17) is 0 Å². The molecule has 3 rings (SSSR count). The van der Waals surface area contributed by atoms with Gasteiger partial charge in [0.2, 0.25) is 17.7 Å². The Morgan fingerprint density at radius 3 is 2.18 bits per heavy atom. The molecular weight excluding hydrogens is 354 g/mol. The van der Waals surface area contributed by atoms with Gasteiger partial charge in [0, 0.05) is 37.0 Å². The van der Waals surface area contributed by atoms with Gasteiger partial charge in [0.1, 0.15) is 6.04 Å². The summed E-state index contributed by atoms with van der Waals surface area (Å²) in [6, 6.07) is 0.390. The number of rotatable bonds is 6. The van der Waals surface area contributed by atoms with Crippen LogP contribution in [0.3, 0.4) is 0 Å². The predicted octanol–water partition coefficient (Wildman–Crippen LogP) is 2.56. The minimum atomic E-state index is -0.321. The van der Waals surface area contributed by atoms with Gasteiger partial charge in [0.25, 0.3) is 0 Å². The van der Waals surface area contributed by atoms with E-state index in [9.17, 15) is 14.4 Å². The lowest BCUT2D eigenvalue weighted by molar-refractivity contribution is -0.142. The van der Waals surface area contributed by atoms with Crippen LogP contribution in [0, 0.1) is 17.8 Å². The molecule has 6 heteroatoms. The van der Waals surface area contributed by atoms with Crippen molar-refractivity contribution >= 4 is 17.7 Å². The van der Waals surface area contributed by atoms with E-state index in [1.54, 1.807) is 4.90 Å². The number of amides is 3. The molecule has 3 heterocycles. The molecular formula is C22H37N3O3. The molecule has 2 unspecified atom stereocenters. The Kier molecular flexibility index (Phi) is 6.35. The van der Waals surface area contributed by atoms with Crippen LogP contribution < -0.4 is 5.32 Å². The lowest BCUT2D eigenvalue weighted by Crippen LogP contribution is -2.52. The van der Waals surface area contributed by atoms with E-state index >= 15 is 0 Å². The second kappa shape index (κ2) is 8.42. The highest BCUT2D eigenvalue weighted by molar-refractivity contribution is 5.91. The highest BCUT2D eigenvalue weighted by Gasteiger charge is 2.45. The number of fused-ring (bicyclic) bond motifs is 2. The van der Waals surface area contributed by atoms with Crippen molar-refractivity contribution in [1.29, 1.82) is 0 Å².